The Hall–Kier alpha value is -2.56. The summed E-state index contributed by atoms with van der Waals surface area (Å²) in [6, 6.07) is 10.2. The number of nitrogens with one attached hydrogen (secondary N) is 1. The summed E-state index contributed by atoms with van der Waals surface area (Å²) in [5.74, 6) is -0.0554. The van der Waals surface area contributed by atoms with E-state index in [1.165, 1.54) is 0 Å². The number of aryl methyl sites for hydroxylation is 1. The molecule has 0 bridgehead atoms. The number of benzene rings is 1. The number of hydrogen-bond acceptors (Lipinski definition) is 4. The predicted octanol–water partition coefficient (Wildman–Crippen LogP) is 2.45. The fourth-order valence-corrected chi connectivity index (χ4v) is 1.88. The molecule has 104 valence electrons. The summed E-state index contributed by atoms with van der Waals surface area (Å²) in [5, 5.41) is 21.3. The number of carboxylic acids is 1. The molecule has 2 rings (SSSR count). The van der Waals surface area contributed by atoms with Crippen LogP contribution in [0.15, 0.2) is 36.4 Å². The van der Waals surface area contributed by atoms with Crippen LogP contribution in [0, 0.1) is 6.92 Å². The molecule has 0 atom stereocenters. The first kappa shape index (κ1) is 13.9. The molecule has 0 saturated heterocycles. The van der Waals surface area contributed by atoms with E-state index in [1.54, 1.807) is 31.2 Å². The molecule has 0 aliphatic carbocycles. The molecule has 5 nitrogen and oxygen atoms in total. The third-order valence-corrected chi connectivity index (χ3v) is 2.97. The van der Waals surface area contributed by atoms with E-state index in [4.69, 9.17) is 5.11 Å². The minimum absolute atomic E-state index is 0.217. The first-order valence-corrected chi connectivity index (χ1v) is 6.29. The van der Waals surface area contributed by atoms with Gasteiger partial charge in [0.25, 0.3) is 0 Å². The minimum Gasteiger partial charge on any atom is -0.508 e. The zero-order chi connectivity index (χ0) is 14.5. The fourth-order valence-electron chi connectivity index (χ4n) is 1.88. The van der Waals surface area contributed by atoms with Crippen LogP contribution in [-0.2, 0) is 6.42 Å². The summed E-state index contributed by atoms with van der Waals surface area (Å²) < 4.78 is 0. The molecule has 0 saturated carbocycles. The number of phenols is 1. The number of aromatic nitrogens is 1. The largest absolute Gasteiger partial charge is 0.508 e. The van der Waals surface area contributed by atoms with Crippen molar-refractivity contribution in [1.29, 1.82) is 0 Å². The van der Waals surface area contributed by atoms with Crippen LogP contribution in [0.2, 0.25) is 0 Å². The third-order valence-electron chi connectivity index (χ3n) is 2.97. The highest BCUT2D eigenvalue weighted by Gasteiger charge is 2.08. The molecule has 0 spiro atoms. The summed E-state index contributed by atoms with van der Waals surface area (Å²) in [6.07, 6.45) is 0.793. The summed E-state index contributed by atoms with van der Waals surface area (Å²) >= 11 is 0. The van der Waals surface area contributed by atoms with Crippen molar-refractivity contribution in [3.05, 3.63) is 53.2 Å². The van der Waals surface area contributed by atoms with Gasteiger partial charge in [-0.3, -0.25) is 0 Å². The molecule has 0 unspecified atom stereocenters. The maximum Gasteiger partial charge on any atom is 0.337 e. The Morgan fingerprint density at radius 3 is 2.50 bits per heavy atom. The number of aromatic hydroxyl groups is 1. The van der Waals surface area contributed by atoms with Crippen molar-refractivity contribution in [2.45, 2.75) is 13.3 Å². The van der Waals surface area contributed by atoms with E-state index in [0.29, 0.717) is 18.1 Å². The molecule has 5 heteroatoms. The number of anilines is 1. The number of carbonyl (C=O) groups is 1. The lowest BCUT2D eigenvalue weighted by molar-refractivity contribution is 0.0695. The highest BCUT2D eigenvalue weighted by Crippen LogP contribution is 2.12. The van der Waals surface area contributed by atoms with E-state index in [2.05, 4.69) is 10.3 Å². The molecule has 0 aliphatic heterocycles. The Morgan fingerprint density at radius 1 is 1.20 bits per heavy atom. The van der Waals surface area contributed by atoms with Crippen LogP contribution >= 0.6 is 0 Å². The summed E-state index contributed by atoms with van der Waals surface area (Å²) in [4.78, 5) is 15.1. The van der Waals surface area contributed by atoms with Crippen LogP contribution in [-0.4, -0.2) is 27.7 Å². The Morgan fingerprint density at radius 2 is 1.90 bits per heavy atom. The number of aromatic carboxylic acids is 1. The van der Waals surface area contributed by atoms with E-state index < -0.39 is 5.97 Å². The second-order valence-corrected chi connectivity index (χ2v) is 4.48. The molecule has 0 amide bonds. The average Bonchev–Trinajstić information content (AvgIpc) is 2.41. The Balaban J connectivity index is 1.92. The number of rotatable bonds is 5. The highest BCUT2D eigenvalue weighted by molar-refractivity contribution is 5.89. The molecule has 0 fully saturated rings. The predicted molar refractivity (Wildman–Crippen MR) is 76.2 cm³/mol. The quantitative estimate of drug-likeness (QED) is 0.778. The van der Waals surface area contributed by atoms with Crippen LogP contribution in [0.4, 0.5) is 5.82 Å². The molecule has 0 aliphatic rings. The Kier molecular flexibility index (Phi) is 4.20. The minimum atomic E-state index is -0.967. The Labute approximate surface area is 116 Å². The Bertz CT molecular complexity index is 609. The second kappa shape index (κ2) is 6.06. The van der Waals surface area contributed by atoms with Crippen LogP contribution in [0.25, 0.3) is 0 Å². The number of carboxylic acid groups (broad SMARTS) is 1. The van der Waals surface area contributed by atoms with Crippen LogP contribution in [0.1, 0.15) is 21.6 Å². The van der Waals surface area contributed by atoms with Crippen molar-refractivity contribution in [3.8, 4) is 5.75 Å². The summed E-state index contributed by atoms with van der Waals surface area (Å²) in [5.41, 5.74) is 1.82. The first-order valence-electron chi connectivity index (χ1n) is 6.29. The van der Waals surface area contributed by atoms with Gasteiger partial charge >= 0.3 is 5.97 Å². The molecule has 1 aromatic carbocycles. The molecule has 20 heavy (non-hydrogen) atoms. The standard InChI is InChI=1S/C15H16N2O3/c1-10-13(15(19)20)6-7-14(17-10)16-9-8-11-2-4-12(18)5-3-11/h2-7,18H,8-9H2,1H3,(H,16,17)(H,19,20). The number of pyridine rings is 1. The average molecular weight is 272 g/mol. The van der Waals surface area contributed by atoms with E-state index in [1.807, 2.05) is 12.1 Å². The monoisotopic (exact) mass is 272 g/mol. The maximum absolute atomic E-state index is 10.9. The lowest BCUT2D eigenvalue weighted by Gasteiger charge is -2.08. The van der Waals surface area contributed by atoms with Gasteiger partial charge in [0.05, 0.1) is 11.3 Å². The number of nitrogens with zero attached hydrogens (tertiary/aromatic N) is 1. The van der Waals surface area contributed by atoms with Crippen molar-refractivity contribution in [3.63, 3.8) is 0 Å². The van der Waals surface area contributed by atoms with Crippen molar-refractivity contribution in [1.82, 2.24) is 4.98 Å². The molecular formula is C15H16N2O3. The lowest BCUT2D eigenvalue weighted by atomic mass is 10.1. The zero-order valence-corrected chi connectivity index (χ0v) is 11.1. The van der Waals surface area contributed by atoms with Crippen molar-refractivity contribution < 1.29 is 15.0 Å². The number of hydrogen-bond donors (Lipinski definition) is 3. The van der Waals surface area contributed by atoms with Gasteiger partial charge in [-0.25, -0.2) is 9.78 Å². The van der Waals surface area contributed by atoms with Crippen molar-refractivity contribution >= 4 is 11.8 Å². The molecule has 2 aromatic rings. The van der Waals surface area contributed by atoms with Gasteiger partial charge in [-0.2, -0.15) is 0 Å². The lowest BCUT2D eigenvalue weighted by Crippen LogP contribution is -2.08. The molecular weight excluding hydrogens is 256 g/mol. The van der Waals surface area contributed by atoms with Crippen LogP contribution < -0.4 is 5.32 Å². The SMILES string of the molecule is Cc1nc(NCCc2ccc(O)cc2)ccc1C(=O)O. The zero-order valence-electron chi connectivity index (χ0n) is 11.1. The van der Waals surface area contributed by atoms with E-state index in [-0.39, 0.29) is 11.3 Å². The van der Waals surface area contributed by atoms with Gasteiger partial charge in [0.2, 0.25) is 0 Å². The van der Waals surface area contributed by atoms with Gasteiger partial charge in [0.1, 0.15) is 11.6 Å². The van der Waals surface area contributed by atoms with E-state index in [9.17, 15) is 9.90 Å². The van der Waals surface area contributed by atoms with Gasteiger partial charge in [-0.05, 0) is 43.2 Å². The number of phenolic OH excluding ortho intramolecular Hbond substituents is 1. The third kappa shape index (κ3) is 3.47. The maximum atomic E-state index is 10.9. The summed E-state index contributed by atoms with van der Waals surface area (Å²) in [6.45, 7) is 2.36. The first-order chi connectivity index (χ1) is 9.56. The van der Waals surface area contributed by atoms with E-state index >= 15 is 0 Å². The van der Waals surface area contributed by atoms with Gasteiger partial charge in [0, 0.05) is 6.54 Å². The van der Waals surface area contributed by atoms with Gasteiger partial charge < -0.3 is 15.5 Å². The molecule has 1 aromatic heterocycles. The molecule has 1 heterocycles. The van der Waals surface area contributed by atoms with Crippen LogP contribution in [0.3, 0.4) is 0 Å². The normalized spacial score (nSPS) is 10.2. The molecule has 0 radical (unpaired) electrons. The van der Waals surface area contributed by atoms with Gasteiger partial charge in [0.15, 0.2) is 0 Å². The van der Waals surface area contributed by atoms with Crippen molar-refractivity contribution in [2.24, 2.45) is 0 Å². The smallest absolute Gasteiger partial charge is 0.337 e. The fraction of sp³-hybridized carbons (Fsp3) is 0.200. The van der Waals surface area contributed by atoms with Gasteiger partial charge in [-0.15, -0.1) is 0 Å². The second-order valence-electron chi connectivity index (χ2n) is 4.48. The van der Waals surface area contributed by atoms with E-state index in [0.717, 1.165) is 12.0 Å². The molecule has 3 N–H and O–H groups in total. The highest BCUT2D eigenvalue weighted by atomic mass is 16.4. The topological polar surface area (TPSA) is 82.5 Å². The van der Waals surface area contributed by atoms with Crippen LogP contribution in [0.5, 0.6) is 5.75 Å². The van der Waals surface area contributed by atoms with Crippen molar-refractivity contribution in [2.75, 3.05) is 11.9 Å². The summed E-state index contributed by atoms with van der Waals surface area (Å²) in [7, 11) is 0. The van der Waals surface area contributed by atoms with Gasteiger partial charge in [-0.1, -0.05) is 12.1 Å².